The van der Waals surface area contributed by atoms with Crippen LogP contribution < -0.4 is 5.84 Å². The fourth-order valence-corrected chi connectivity index (χ4v) is 0.503. The van der Waals surface area contributed by atoms with Crippen LogP contribution in [0.3, 0.4) is 0 Å². The SMILES string of the molecule is NN=Cc1cc[nH]c1. The highest BCUT2D eigenvalue weighted by molar-refractivity contribution is 5.78. The van der Waals surface area contributed by atoms with Crippen molar-refractivity contribution in [2.75, 3.05) is 0 Å². The highest BCUT2D eigenvalue weighted by Crippen LogP contribution is 1.88. The van der Waals surface area contributed by atoms with Gasteiger partial charge < -0.3 is 10.8 Å². The zero-order chi connectivity index (χ0) is 5.82. The monoisotopic (exact) mass is 109 g/mol. The van der Waals surface area contributed by atoms with Gasteiger partial charge in [0.2, 0.25) is 0 Å². The van der Waals surface area contributed by atoms with Crippen LogP contribution in [0, 0.1) is 0 Å². The average Bonchev–Trinajstić information content (AvgIpc) is 2.19. The highest BCUT2D eigenvalue weighted by atomic mass is 15.1. The number of rotatable bonds is 1. The lowest BCUT2D eigenvalue weighted by molar-refractivity contribution is 1.26. The second-order valence-corrected chi connectivity index (χ2v) is 1.42. The van der Waals surface area contributed by atoms with Crippen LogP contribution in [0.2, 0.25) is 0 Å². The topological polar surface area (TPSA) is 54.2 Å². The molecule has 0 aliphatic heterocycles. The first-order valence-electron chi connectivity index (χ1n) is 2.29. The van der Waals surface area contributed by atoms with Crippen molar-refractivity contribution >= 4 is 6.21 Å². The van der Waals surface area contributed by atoms with E-state index in [0.29, 0.717) is 0 Å². The largest absolute Gasteiger partial charge is 0.367 e. The van der Waals surface area contributed by atoms with E-state index in [9.17, 15) is 0 Å². The summed E-state index contributed by atoms with van der Waals surface area (Å²) in [5.41, 5.74) is 0.993. The second-order valence-electron chi connectivity index (χ2n) is 1.42. The lowest BCUT2D eigenvalue weighted by Gasteiger charge is -1.74. The van der Waals surface area contributed by atoms with Crippen LogP contribution in [-0.2, 0) is 0 Å². The molecule has 0 amide bonds. The molecule has 0 saturated heterocycles. The van der Waals surface area contributed by atoms with Crippen molar-refractivity contribution in [3.63, 3.8) is 0 Å². The Bertz CT molecular complexity index is 164. The van der Waals surface area contributed by atoms with Crippen molar-refractivity contribution in [2.45, 2.75) is 0 Å². The maximum Gasteiger partial charge on any atom is 0.0553 e. The summed E-state index contributed by atoms with van der Waals surface area (Å²) in [6, 6.07) is 1.89. The maximum atomic E-state index is 4.88. The fraction of sp³-hybridized carbons (Fsp3) is 0. The lowest BCUT2D eigenvalue weighted by Crippen LogP contribution is -1.81. The van der Waals surface area contributed by atoms with Gasteiger partial charge in [-0.2, -0.15) is 5.10 Å². The van der Waals surface area contributed by atoms with Crippen LogP contribution in [0.4, 0.5) is 0 Å². The highest BCUT2D eigenvalue weighted by Gasteiger charge is 1.80. The van der Waals surface area contributed by atoms with Gasteiger partial charge in [-0.05, 0) is 6.07 Å². The lowest BCUT2D eigenvalue weighted by atomic mass is 10.4. The third-order valence-electron chi connectivity index (χ3n) is 0.846. The summed E-state index contributed by atoms with van der Waals surface area (Å²) >= 11 is 0. The van der Waals surface area contributed by atoms with E-state index in [1.54, 1.807) is 6.21 Å². The van der Waals surface area contributed by atoms with E-state index in [1.165, 1.54) is 0 Å². The van der Waals surface area contributed by atoms with Gasteiger partial charge in [0.05, 0.1) is 6.21 Å². The molecule has 0 radical (unpaired) electrons. The summed E-state index contributed by atoms with van der Waals surface area (Å²) in [6.45, 7) is 0. The number of hydrogen-bond acceptors (Lipinski definition) is 2. The second kappa shape index (κ2) is 2.16. The summed E-state index contributed by atoms with van der Waals surface area (Å²) < 4.78 is 0. The molecule has 1 aromatic heterocycles. The minimum Gasteiger partial charge on any atom is -0.367 e. The van der Waals surface area contributed by atoms with Gasteiger partial charge in [0.15, 0.2) is 0 Å². The molecule has 1 rings (SSSR count). The molecule has 1 aromatic rings. The predicted octanol–water partition coefficient (Wildman–Crippen LogP) is 0.307. The van der Waals surface area contributed by atoms with Gasteiger partial charge >= 0.3 is 0 Å². The Morgan fingerprint density at radius 2 is 2.62 bits per heavy atom. The molecule has 0 fully saturated rings. The zero-order valence-corrected chi connectivity index (χ0v) is 4.33. The number of nitrogens with two attached hydrogens (primary N) is 1. The van der Waals surface area contributed by atoms with Crippen LogP contribution in [0.25, 0.3) is 0 Å². The number of H-pyrrole nitrogens is 1. The van der Waals surface area contributed by atoms with Crippen molar-refractivity contribution in [3.8, 4) is 0 Å². The molecule has 0 bridgehead atoms. The Labute approximate surface area is 47.2 Å². The van der Waals surface area contributed by atoms with Gasteiger partial charge in [-0.15, -0.1) is 0 Å². The molecule has 0 unspecified atom stereocenters. The van der Waals surface area contributed by atoms with E-state index in [4.69, 9.17) is 5.84 Å². The van der Waals surface area contributed by atoms with Crippen LogP contribution in [0.5, 0.6) is 0 Å². The van der Waals surface area contributed by atoms with Gasteiger partial charge in [0.25, 0.3) is 0 Å². The minimum atomic E-state index is 0.993. The van der Waals surface area contributed by atoms with Gasteiger partial charge in [0.1, 0.15) is 0 Å². The molecule has 1 heterocycles. The first kappa shape index (κ1) is 4.90. The van der Waals surface area contributed by atoms with E-state index in [0.717, 1.165) is 5.56 Å². The number of hydrogen-bond donors (Lipinski definition) is 2. The Balaban J connectivity index is 2.77. The molecule has 3 heteroatoms. The summed E-state index contributed by atoms with van der Waals surface area (Å²) in [4.78, 5) is 2.87. The van der Waals surface area contributed by atoms with E-state index in [2.05, 4.69) is 10.1 Å². The molecule has 0 spiro atoms. The zero-order valence-electron chi connectivity index (χ0n) is 4.33. The summed E-state index contributed by atoms with van der Waals surface area (Å²) in [6.07, 6.45) is 5.21. The molecule has 0 atom stereocenters. The molecule has 3 N–H and O–H groups in total. The van der Waals surface area contributed by atoms with Gasteiger partial charge in [-0.1, -0.05) is 0 Å². The van der Waals surface area contributed by atoms with E-state index < -0.39 is 0 Å². The fourth-order valence-electron chi connectivity index (χ4n) is 0.503. The van der Waals surface area contributed by atoms with Gasteiger partial charge in [-0.25, -0.2) is 0 Å². The van der Waals surface area contributed by atoms with Crippen molar-refractivity contribution in [3.05, 3.63) is 24.0 Å². The smallest absolute Gasteiger partial charge is 0.0553 e. The number of hydrazone groups is 1. The van der Waals surface area contributed by atoms with Crippen LogP contribution in [0.15, 0.2) is 23.6 Å². The molecule has 8 heavy (non-hydrogen) atoms. The normalized spacial score (nSPS) is 10.5. The Kier molecular flexibility index (Phi) is 1.32. The minimum absolute atomic E-state index is 0.993. The van der Waals surface area contributed by atoms with E-state index >= 15 is 0 Å². The molecule has 0 saturated carbocycles. The third-order valence-corrected chi connectivity index (χ3v) is 0.846. The molecule has 0 aromatic carbocycles. The molecular weight excluding hydrogens is 102 g/mol. The number of nitrogens with one attached hydrogen (secondary N) is 1. The van der Waals surface area contributed by atoms with Crippen LogP contribution >= 0.6 is 0 Å². The summed E-state index contributed by atoms with van der Waals surface area (Å²) in [7, 11) is 0. The Hall–Kier alpha value is -1.25. The summed E-state index contributed by atoms with van der Waals surface area (Å²) in [5.74, 6) is 4.88. The first-order valence-corrected chi connectivity index (χ1v) is 2.29. The summed E-state index contributed by atoms with van der Waals surface area (Å²) in [5, 5.41) is 3.33. The third kappa shape index (κ3) is 0.872. The Morgan fingerprint density at radius 3 is 3.12 bits per heavy atom. The number of aromatic nitrogens is 1. The molecule has 0 aliphatic rings. The standard InChI is InChI=1S/C5H7N3/c6-8-4-5-1-2-7-3-5/h1-4,7H,6H2. The number of nitrogens with zero attached hydrogens (tertiary/aromatic N) is 1. The van der Waals surface area contributed by atoms with Crippen LogP contribution in [0.1, 0.15) is 5.56 Å². The van der Waals surface area contributed by atoms with Gasteiger partial charge in [-0.3, -0.25) is 0 Å². The molecular formula is C5H7N3. The van der Waals surface area contributed by atoms with Crippen molar-refractivity contribution in [1.82, 2.24) is 4.98 Å². The molecule has 42 valence electrons. The van der Waals surface area contributed by atoms with E-state index in [1.807, 2.05) is 18.5 Å². The van der Waals surface area contributed by atoms with Crippen molar-refractivity contribution < 1.29 is 0 Å². The number of aromatic amines is 1. The quantitative estimate of drug-likeness (QED) is 0.304. The molecule has 0 aliphatic carbocycles. The van der Waals surface area contributed by atoms with Crippen molar-refractivity contribution in [2.24, 2.45) is 10.9 Å². The molecule has 3 nitrogen and oxygen atoms in total. The maximum absolute atomic E-state index is 4.88. The van der Waals surface area contributed by atoms with Crippen molar-refractivity contribution in [1.29, 1.82) is 0 Å². The Morgan fingerprint density at radius 1 is 1.75 bits per heavy atom. The average molecular weight is 109 g/mol. The van der Waals surface area contributed by atoms with E-state index in [-0.39, 0.29) is 0 Å². The van der Waals surface area contributed by atoms with Gasteiger partial charge in [0, 0.05) is 18.0 Å². The van der Waals surface area contributed by atoms with Crippen LogP contribution in [-0.4, -0.2) is 11.2 Å². The first-order chi connectivity index (χ1) is 3.93. The predicted molar refractivity (Wildman–Crippen MR) is 32.6 cm³/mol.